The van der Waals surface area contributed by atoms with Crippen molar-refractivity contribution < 1.29 is 9.57 Å². The van der Waals surface area contributed by atoms with Crippen LogP contribution in [0.1, 0.15) is 119 Å². The molecule has 1 aliphatic rings. The summed E-state index contributed by atoms with van der Waals surface area (Å²) in [6.45, 7) is 15.5. The van der Waals surface area contributed by atoms with E-state index in [1.54, 1.807) is 0 Å². The van der Waals surface area contributed by atoms with Crippen LogP contribution in [0.15, 0.2) is 0 Å². The van der Waals surface area contributed by atoms with Gasteiger partial charge in [-0.3, -0.25) is 4.84 Å². The van der Waals surface area contributed by atoms with Crippen molar-refractivity contribution in [2.24, 2.45) is 0 Å². The average Bonchev–Trinajstić information content (AvgIpc) is 2.54. The van der Waals surface area contributed by atoms with Gasteiger partial charge in [-0.15, -0.1) is 0 Å². The van der Waals surface area contributed by atoms with Crippen LogP contribution in [-0.2, 0) is 9.57 Å². The summed E-state index contributed by atoms with van der Waals surface area (Å²) < 4.78 is 6.16. The van der Waals surface area contributed by atoms with Crippen molar-refractivity contribution in [1.82, 2.24) is 5.06 Å². The average molecular weight is 370 g/mol. The van der Waals surface area contributed by atoms with Crippen molar-refractivity contribution in [3.63, 3.8) is 0 Å². The van der Waals surface area contributed by atoms with Crippen LogP contribution >= 0.6 is 0 Å². The molecule has 0 aromatic carbocycles. The zero-order chi connectivity index (χ0) is 19.5. The largest absolute Gasteiger partial charge is 0.378 e. The molecule has 0 amide bonds. The number of ether oxygens (including phenoxy) is 1. The van der Waals surface area contributed by atoms with Gasteiger partial charge >= 0.3 is 0 Å². The van der Waals surface area contributed by atoms with Crippen LogP contribution in [0.4, 0.5) is 0 Å². The molecule has 1 heterocycles. The van der Waals surface area contributed by atoms with Crippen LogP contribution < -0.4 is 0 Å². The van der Waals surface area contributed by atoms with E-state index < -0.39 is 0 Å². The zero-order valence-electron chi connectivity index (χ0n) is 18.7. The smallest absolute Gasteiger partial charge is 0.0685 e. The summed E-state index contributed by atoms with van der Waals surface area (Å²) in [4.78, 5) is 6.31. The quantitative estimate of drug-likeness (QED) is 0.311. The molecule has 26 heavy (non-hydrogen) atoms. The summed E-state index contributed by atoms with van der Waals surface area (Å²) >= 11 is 0. The molecule has 0 unspecified atom stereocenters. The molecule has 0 aromatic rings. The maximum atomic E-state index is 6.31. The van der Waals surface area contributed by atoms with Crippen molar-refractivity contribution in [3.8, 4) is 0 Å². The lowest BCUT2D eigenvalue weighted by Gasteiger charge is -2.53. The topological polar surface area (TPSA) is 21.7 Å². The fourth-order valence-electron chi connectivity index (χ4n) is 4.43. The van der Waals surface area contributed by atoms with Gasteiger partial charge in [0.05, 0.1) is 12.7 Å². The van der Waals surface area contributed by atoms with E-state index in [1.165, 1.54) is 57.8 Å². The van der Waals surface area contributed by atoms with E-state index in [0.29, 0.717) is 6.10 Å². The van der Waals surface area contributed by atoms with Gasteiger partial charge in [0.1, 0.15) is 0 Å². The van der Waals surface area contributed by atoms with E-state index >= 15 is 0 Å². The number of piperidine rings is 1. The number of nitrogens with zero attached hydrogens (tertiary/aromatic N) is 1. The van der Waals surface area contributed by atoms with Crippen LogP contribution in [0.25, 0.3) is 0 Å². The van der Waals surface area contributed by atoms with E-state index in [2.05, 4.69) is 46.6 Å². The molecule has 0 spiro atoms. The lowest BCUT2D eigenvalue weighted by atomic mass is 9.80. The molecule has 3 heteroatoms. The molecule has 0 bridgehead atoms. The molecule has 1 fully saturated rings. The molecule has 156 valence electrons. The Bertz CT molecular complexity index is 336. The molecule has 0 aliphatic carbocycles. The van der Waals surface area contributed by atoms with Crippen molar-refractivity contribution >= 4 is 0 Å². The highest BCUT2D eigenvalue weighted by atomic mass is 16.7. The second-order valence-corrected chi connectivity index (χ2v) is 9.48. The number of unbranched alkanes of at least 4 members (excludes halogenated alkanes) is 8. The lowest BCUT2D eigenvalue weighted by molar-refractivity contribution is -0.295. The standard InChI is InChI=1S/C23H47NO2/c1-7-9-11-12-13-14-15-16-18-26-24-22(3,4)19-21(20-23(24,5)6)25-17-10-8-2/h21H,7-20H2,1-6H3. The fraction of sp³-hybridized carbons (Fsp3) is 1.00. The van der Waals surface area contributed by atoms with Gasteiger partial charge in [0, 0.05) is 17.7 Å². The second-order valence-electron chi connectivity index (χ2n) is 9.48. The molecule has 0 atom stereocenters. The van der Waals surface area contributed by atoms with Crippen LogP contribution in [0.5, 0.6) is 0 Å². The second kappa shape index (κ2) is 12.4. The van der Waals surface area contributed by atoms with E-state index in [-0.39, 0.29) is 11.1 Å². The Kier molecular flexibility index (Phi) is 11.4. The first-order chi connectivity index (χ1) is 12.3. The van der Waals surface area contributed by atoms with E-state index in [4.69, 9.17) is 9.57 Å². The predicted molar refractivity (Wildman–Crippen MR) is 112 cm³/mol. The molecule has 0 N–H and O–H groups in total. The van der Waals surface area contributed by atoms with Crippen LogP contribution in [0.3, 0.4) is 0 Å². The normalized spacial score (nSPS) is 20.5. The SMILES string of the molecule is CCCCCCCCCCON1C(C)(C)CC(OCCCC)CC1(C)C. The summed E-state index contributed by atoms with van der Waals surface area (Å²) in [5.41, 5.74) is 0.0531. The minimum atomic E-state index is 0.0266. The monoisotopic (exact) mass is 369 g/mol. The van der Waals surface area contributed by atoms with Crippen molar-refractivity contribution in [2.45, 2.75) is 136 Å². The first kappa shape index (κ1) is 23.9. The maximum Gasteiger partial charge on any atom is 0.0685 e. The summed E-state index contributed by atoms with van der Waals surface area (Å²) in [7, 11) is 0. The molecule has 1 rings (SSSR count). The third-order valence-corrected chi connectivity index (χ3v) is 5.62. The molecule has 3 nitrogen and oxygen atoms in total. The maximum absolute atomic E-state index is 6.31. The van der Waals surface area contributed by atoms with Gasteiger partial charge in [0.15, 0.2) is 0 Å². The number of hydroxylamine groups is 2. The van der Waals surface area contributed by atoms with E-state index in [9.17, 15) is 0 Å². The Morgan fingerprint density at radius 1 is 0.692 bits per heavy atom. The molecular formula is C23H47NO2. The predicted octanol–water partition coefficient (Wildman–Crippen LogP) is 6.90. The van der Waals surface area contributed by atoms with Crippen molar-refractivity contribution in [3.05, 3.63) is 0 Å². The number of hydrogen-bond donors (Lipinski definition) is 0. The summed E-state index contributed by atoms with van der Waals surface area (Å²) in [6, 6.07) is 0. The summed E-state index contributed by atoms with van der Waals surface area (Å²) in [5.74, 6) is 0. The minimum Gasteiger partial charge on any atom is -0.378 e. The highest BCUT2D eigenvalue weighted by Gasteiger charge is 2.46. The Labute approximate surface area is 164 Å². The Balaban J connectivity index is 2.30. The molecule has 1 saturated heterocycles. The van der Waals surface area contributed by atoms with E-state index in [1.807, 2.05) is 0 Å². The summed E-state index contributed by atoms with van der Waals surface area (Å²) in [6.07, 6.45) is 15.6. The number of rotatable bonds is 14. The van der Waals surface area contributed by atoms with E-state index in [0.717, 1.165) is 32.5 Å². The van der Waals surface area contributed by atoms with Gasteiger partial charge in [-0.1, -0.05) is 65.2 Å². The van der Waals surface area contributed by atoms with Gasteiger partial charge in [-0.05, 0) is 53.4 Å². The highest BCUT2D eigenvalue weighted by Crippen LogP contribution is 2.39. The van der Waals surface area contributed by atoms with Gasteiger partial charge in [-0.25, -0.2) is 0 Å². The third kappa shape index (κ3) is 8.71. The molecular weight excluding hydrogens is 322 g/mol. The molecule has 0 aromatic heterocycles. The van der Waals surface area contributed by atoms with Gasteiger partial charge < -0.3 is 4.74 Å². The first-order valence-corrected chi connectivity index (χ1v) is 11.4. The van der Waals surface area contributed by atoms with Crippen molar-refractivity contribution in [1.29, 1.82) is 0 Å². The molecule has 1 aliphatic heterocycles. The zero-order valence-corrected chi connectivity index (χ0v) is 18.7. The minimum absolute atomic E-state index is 0.0266. The Hall–Kier alpha value is -0.120. The first-order valence-electron chi connectivity index (χ1n) is 11.4. The van der Waals surface area contributed by atoms with Crippen LogP contribution in [0, 0.1) is 0 Å². The van der Waals surface area contributed by atoms with Gasteiger partial charge in [0.2, 0.25) is 0 Å². The molecule has 0 saturated carbocycles. The number of hydrogen-bond acceptors (Lipinski definition) is 3. The Morgan fingerprint density at radius 2 is 1.19 bits per heavy atom. The van der Waals surface area contributed by atoms with Gasteiger partial charge in [0.25, 0.3) is 0 Å². The highest BCUT2D eigenvalue weighted by molar-refractivity contribution is 4.97. The van der Waals surface area contributed by atoms with Crippen LogP contribution in [-0.4, -0.2) is 35.5 Å². The Morgan fingerprint density at radius 3 is 1.73 bits per heavy atom. The summed E-state index contributed by atoms with van der Waals surface area (Å²) in [5, 5.41) is 2.28. The fourth-order valence-corrected chi connectivity index (χ4v) is 4.43. The van der Waals surface area contributed by atoms with Crippen LogP contribution in [0.2, 0.25) is 0 Å². The lowest BCUT2D eigenvalue weighted by Crippen LogP contribution is -2.61. The van der Waals surface area contributed by atoms with Gasteiger partial charge in [-0.2, -0.15) is 5.06 Å². The van der Waals surface area contributed by atoms with Crippen molar-refractivity contribution in [2.75, 3.05) is 13.2 Å². The molecule has 0 radical (unpaired) electrons. The third-order valence-electron chi connectivity index (χ3n) is 5.62.